The number of benzene rings is 1. The number of amides is 1. The van der Waals surface area contributed by atoms with E-state index in [0.717, 1.165) is 11.3 Å². The monoisotopic (exact) mass is 377 g/mol. The predicted molar refractivity (Wildman–Crippen MR) is 100 cm³/mol. The van der Waals surface area contributed by atoms with E-state index in [2.05, 4.69) is 10.4 Å². The molecule has 1 aromatic heterocycles. The summed E-state index contributed by atoms with van der Waals surface area (Å²) in [7, 11) is 2.09. The van der Waals surface area contributed by atoms with Crippen molar-refractivity contribution in [2.24, 2.45) is 0 Å². The van der Waals surface area contributed by atoms with E-state index in [0.29, 0.717) is 34.4 Å². The lowest BCUT2D eigenvalue weighted by molar-refractivity contribution is 0.102. The minimum Gasteiger partial charge on any atom is -0.497 e. The zero-order valence-corrected chi connectivity index (χ0v) is 16.4. The Morgan fingerprint density at radius 3 is 2.58 bits per heavy atom. The zero-order chi connectivity index (χ0) is 19.1. The van der Waals surface area contributed by atoms with Crippen molar-refractivity contribution in [3.05, 3.63) is 35.0 Å². The van der Waals surface area contributed by atoms with E-state index < -0.39 is 10.8 Å². The first kappa shape index (κ1) is 18.4. The highest BCUT2D eigenvalue weighted by molar-refractivity contribution is 7.83. The summed E-state index contributed by atoms with van der Waals surface area (Å²) < 4.78 is 24.2. The number of methoxy groups -OCH3 is 2. The molecule has 0 spiro atoms. The lowest BCUT2D eigenvalue weighted by Gasteiger charge is -2.23. The van der Waals surface area contributed by atoms with Gasteiger partial charge in [-0.25, -0.2) is 4.68 Å². The van der Waals surface area contributed by atoms with Gasteiger partial charge in [0.1, 0.15) is 17.3 Å². The van der Waals surface area contributed by atoms with Gasteiger partial charge in [-0.1, -0.05) is 0 Å². The summed E-state index contributed by atoms with van der Waals surface area (Å²) in [6, 6.07) is 5.02. The molecule has 1 aliphatic rings. The molecular formula is C18H23N3O4S. The molecule has 0 unspecified atom stereocenters. The van der Waals surface area contributed by atoms with Gasteiger partial charge < -0.3 is 14.8 Å². The van der Waals surface area contributed by atoms with E-state index in [1.807, 2.05) is 20.8 Å². The topological polar surface area (TPSA) is 82.5 Å². The fourth-order valence-electron chi connectivity index (χ4n) is 2.90. The molecule has 1 N–H and O–H groups in total. The summed E-state index contributed by atoms with van der Waals surface area (Å²) >= 11 is 0. The standard InChI is InChI=1S/C18H23N3O4S/c1-18(2,3)21-16(13-9-26(23)10-14(13)20-21)19-17(22)12-7-6-11(24-4)8-15(12)25-5/h6-8H,9-10H2,1-5H3,(H,19,22)/t26-/m1/s1. The van der Waals surface area contributed by atoms with Crippen LogP contribution >= 0.6 is 0 Å². The van der Waals surface area contributed by atoms with Crippen LogP contribution in [0.15, 0.2) is 18.2 Å². The molecule has 0 aliphatic carbocycles. The molecule has 0 fully saturated rings. The van der Waals surface area contributed by atoms with Gasteiger partial charge in [-0.05, 0) is 32.9 Å². The molecule has 26 heavy (non-hydrogen) atoms. The van der Waals surface area contributed by atoms with E-state index in [9.17, 15) is 9.00 Å². The average Bonchev–Trinajstić information content (AvgIpc) is 3.11. The second kappa shape index (κ2) is 6.75. The van der Waals surface area contributed by atoms with Gasteiger partial charge >= 0.3 is 0 Å². The molecule has 2 aromatic rings. The molecule has 2 heterocycles. The number of nitrogens with zero attached hydrogens (tertiary/aromatic N) is 2. The lowest BCUT2D eigenvalue weighted by Crippen LogP contribution is -2.27. The number of ether oxygens (including phenoxy) is 2. The summed E-state index contributed by atoms with van der Waals surface area (Å²) in [5, 5.41) is 7.54. The highest BCUT2D eigenvalue weighted by Crippen LogP contribution is 2.34. The van der Waals surface area contributed by atoms with Crippen LogP contribution in [0.2, 0.25) is 0 Å². The minimum atomic E-state index is -0.972. The van der Waals surface area contributed by atoms with Crippen LogP contribution in [0.5, 0.6) is 11.5 Å². The van der Waals surface area contributed by atoms with Gasteiger partial charge in [-0.15, -0.1) is 0 Å². The van der Waals surface area contributed by atoms with Gasteiger partial charge in [0.05, 0.1) is 42.5 Å². The number of aromatic nitrogens is 2. The molecule has 0 radical (unpaired) electrons. The third-order valence-corrected chi connectivity index (χ3v) is 5.40. The summed E-state index contributed by atoms with van der Waals surface area (Å²) in [5.41, 5.74) is 1.70. The molecule has 7 nitrogen and oxygen atoms in total. The van der Waals surface area contributed by atoms with E-state index in [4.69, 9.17) is 9.47 Å². The molecule has 3 rings (SSSR count). The maximum Gasteiger partial charge on any atom is 0.260 e. The highest BCUT2D eigenvalue weighted by atomic mass is 32.2. The maximum absolute atomic E-state index is 12.9. The van der Waals surface area contributed by atoms with Gasteiger partial charge in [-0.2, -0.15) is 5.10 Å². The number of carbonyl (C=O) groups excluding carboxylic acids is 1. The van der Waals surface area contributed by atoms with Crippen LogP contribution in [-0.2, 0) is 27.8 Å². The molecule has 0 saturated heterocycles. The quantitative estimate of drug-likeness (QED) is 0.886. The van der Waals surface area contributed by atoms with Crippen LogP contribution in [0.4, 0.5) is 5.82 Å². The lowest BCUT2D eigenvalue weighted by atomic mass is 10.1. The van der Waals surface area contributed by atoms with Crippen molar-refractivity contribution >= 4 is 22.5 Å². The third kappa shape index (κ3) is 3.33. The second-order valence-corrected chi connectivity index (χ2v) is 8.56. The summed E-state index contributed by atoms with van der Waals surface area (Å²) in [5.74, 6) is 2.14. The molecule has 140 valence electrons. The molecule has 1 aliphatic heterocycles. The summed E-state index contributed by atoms with van der Waals surface area (Å²) in [6.07, 6.45) is 0. The maximum atomic E-state index is 12.9. The van der Waals surface area contributed by atoms with Gasteiger partial charge in [0.15, 0.2) is 0 Å². The van der Waals surface area contributed by atoms with Crippen molar-refractivity contribution in [2.75, 3.05) is 19.5 Å². The third-order valence-electron chi connectivity index (χ3n) is 4.19. The average molecular weight is 377 g/mol. The Labute approximate surface area is 155 Å². The number of carbonyl (C=O) groups is 1. The first-order valence-electron chi connectivity index (χ1n) is 8.24. The molecule has 1 atom stereocenters. The van der Waals surface area contributed by atoms with E-state index in [-0.39, 0.29) is 11.4 Å². The normalized spacial score (nSPS) is 16.3. The zero-order valence-electron chi connectivity index (χ0n) is 15.6. The van der Waals surface area contributed by atoms with Crippen molar-refractivity contribution in [3.8, 4) is 11.5 Å². The van der Waals surface area contributed by atoms with Crippen molar-refractivity contribution in [1.82, 2.24) is 9.78 Å². The van der Waals surface area contributed by atoms with Crippen LogP contribution in [-0.4, -0.2) is 34.1 Å². The number of rotatable bonds is 4. The molecule has 8 heteroatoms. The van der Waals surface area contributed by atoms with Crippen LogP contribution in [0.3, 0.4) is 0 Å². The number of anilines is 1. The number of hydrogen-bond acceptors (Lipinski definition) is 5. The first-order valence-corrected chi connectivity index (χ1v) is 9.73. The van der Waals surface area contributed by atoms with Crippen LogP contribution in [0.1, 0.15) is 42.4 Å². The van der Waals surface area contributed by atoms with Crippen LogP contribution in [0, 0.1) is 0 Å². The number of hydrogen-bond donors (Lipinski definition) is 1. The Morgan fingerprint density at radius 2 is 1.96 bits per heavy atom. The van der Waals surface area contributed by atoms with Crippen LogP contribution in [0.25, 0.3) is 0 Å². The van der Waals surface area contributed by atoms with E-state index in [1.54, 1.807) is 30.0 Å². The smallest absolute Gasteiger partial charge is 0.260 e. The van der Waals surface area contributed by atoms with Gasteiger partial charge in [0, 0.05) is 22.4 Å². The van der Waals surface area contributed by atoms with Crippen LogP contribution < -0.4 is 14.8 Å². The van der Waals surface area contributed by atoms with Crippen molar-refractivity contribution < 1.29 is 18.5 Å². The SMILES string of the molecule is COc1ccc(C(=O)Nc2c3c(nn2C(C)(C)C)C[S@](=O)C3)c(OC)c1. The Bertz CT molecular complexity index is 883. The first-order chi connectivity index (χ1) is 12.2. The van der Waals surface area contributed by atoms with E-state index in [1.165, 1.54) is 7.11 Å². The summed E-state index contributed by atoms with van der Waals surface area (Å²) in [4.78, 5) is 12.9. The fourth-order valence-corrected chi connectivity index (χ4v) is 4.17. The van der Waals surface area contributed by atoms with Gasteiger partial charge in [0.25, 0.3) is 5.91 Å². The Morgan fingerprint density at radius 1 is 1.23 bits per heavy atom. The molecule has 1 amide bonds. The largest absolute Gasteiger partial charge is 0.497 e. The van der Waals surface area contributed by atoms with Crippen molar-refractivity contribution in [2.45, 2.75) is 37.8 Å². The number of nitrogens with one attached hydrogen (secondary N) is 1. The Hall–Kier alpha value is -2.35. The van der Waals surface area contributed by atoms with Crippen molar-refractivity contribution in [3.63, 3.8) is 0 Å². The molecule has 1 aromatic carbocycles. The van der Waals surface area contributed by atoms with Crippen molar-refractivity contribution in [1.29, 1.82) is 0 Å². The highest BCUT2D eigenvalue weighted by Gasteiger charge is 2.31. The molecular weight excluding hydrogens is 354 g/mol. The van der Waals surface area contributed by atoms with E-state index >= 15 is 0 Å². The number of fused-ring (bicyclic) bond motifs is 1. The molecule has 0 bridgehead atoms. The fraction of sp³-hybridized carbons (Fsp3) is 0.444. The predicted octanol–water partition coefficient (Wildman–Crippen LogP) is 2.67. The Kier molecular flexibility index (Phi) is 4.79. The summed E-state index contributed by atoms with van der Waals surface area (Å²) in [6.45, 7) is 6.03. The minimum absolute atomic E-state index is 0.310. The van der Waals surface area contributed by atoms with Gasteiger partial charge in [0.2, 0.25) is 0 Å². The van der Waals surface area contributed by atoms with Gasteiger partial charge in [-0.3, -0.25) is 9.00 Å². The molecule has 0 saturated carbocycles. The second-order valence-electron chi connectivity index (χ2n) is 7.11. The Balaban J connectivity index is 1.99.